The Morgan fingerprint density at radius 2 is 1.12 bits per heavy atom. The van der Waals surface area contributed by atoms with Gasteiger partial charge >= 0.3 is 0 Å². The summed E-state index contributed by atoms with van der Waals surface area (Å²) in [5, 5.41) is 7.08. The lowest BCUT2D eigenvalue weighted by Crippen LogP contribution is -3.13. The van der Waals surface area contributed by atoms with Gasteiger partial charge in [-0.2, -0.15) is 0 Å². The minimum atomic E-state index is 0.897. The van der Waals surface area contributed by atoms with Crippen LogP contribution in [-0.4, -0.2) is 45.8 Å². The Morgan fingerprint density at radius 3 is 1.85 bits per heavy atom. The normalized spacial score (nSPS) is 26.2. The molecular formula is C37H70N3+. The molecule has 3 aliphatic rings. The molecule has 3 aliphatic heterocycles. The van der Waals surface area contributed by atoms with Crippen LogP contribution in [-0.2, 0) is 0 Å². The second kappa shape index (κ2) is 23.9. The zero-order valence-electron chi connectivity index (χ0n) is 26.8. The fourth-order valence-corrected chi connectivity index (χ4v) is 7.57. The smallest absolute Gasteiger partial charge is 0.0799 e. The Hall–Kier alpha value is -0.640. The first-order valence-corrected chi connectivity index (χ1v) is 18.4. The van der Waals surface area contributed by atoms with Gasteiger partial charge in [0, 0.05) is 5.92 Å². The molecule has 3 rings (SSSR count). The van der Waals surface area contributed by atoms with Crippen molar-refractivity contribution < 1.29 is 4.90 Å². The van der Waals surface area contributed by atoms with Crippen LogP contribution in [0.3, 0.4) is 0 Å². The zero-order chi connectivity index (χ0) is 27.8. The van der Waals surface area contributed by atoms with Crippen LogP contribution in [0.1, 0.15) is 148 Å². The van der Waals surface area contributed by atoms with Gasteiger partial charge in [-0.3, -0.25) is 0 Å². The number of rotatable bonds is 22. The summed E-state index contributed by atoms with van der Waals surface area (Å²) < 4.78 is 0. The monoisotopic (exact) mass is 557 g/mol. The third-order valence-electron chi connectivity index (χ3n) is 10.2. The lowest BCUT2D eigenvalue weighted by molar-refractivity contribution is -0.909. The maximum absolute atomic E-state index is 3.54. The van der Waals surface area contributed by atoms with Crippen LogP contribution < -0.4 is 15.5 Å². The summed E-state index contributed by atoms with van der Waals surface area (Å²) in [6.45, 7) is 9.34. The Bertz CT molecular complexity index is 617. The van der Waals surface area contributed by atoms with Crippen LogP contribution in [0.25, 0.3) is 0 Å². The highest BCUT2D eigenvalue weighted by Gasteiger charge is 2.22. The Balaban J connectivity index is 1.04. The predicted octanol–water partition coefficient (Wildman–Crippen LogP) is 8.02. The molecule has 40 heavy (non-hydrogen) atoms. The molecule has 0 radical (unpaired) electrons. The van der Waals surface area contributed by atoms with Crippen LogP contribution in [0.15, 0.2) is 24.3 Å². The van der Waals surface area contributed by atoms with Crippen molar-refractivity contribution in [3.8, 4) is 0 Å². The van der Waals surface area contributed by atoms with Crippen molar-refractivity contribution in [2.24, 2.45) is 17.8 Å². The van der Waals surface area contributed by atoms with Crippen molar-refractivity contribution in [1.82, 2.24) is 10.6 Å². The number of hydrogen-bond acceptors (Lipinski definition) is 2. The van der Waals surface area contributed by atoms with E-state index in [9.17, 15) is 0 Å². The molecule has 3 fully saturated rings. The van der Waals surface area contributed by atoms with Gasteiger partial charge in [-0.1, -0.05) is 69.2 Å². The number of piperidine rings is 3. The quantitative estimate of drug-likeness (QED) is 0.0930. The molecule has 3 N–H and O–H groups in total. The molecule has 0 aromatic carbocycles. The first kappa shape index (κ1) is 33.9. The Labute approximate surface area is 250 Å². The molecule has 0 saturated carbocycles. The number of nitrogens with one attached hydrogen (secondary N) is 3. The molecule has 0 amide bonds. The highest BCUT2D eigenvalue weighted by Crippen LogP contribution is 2.19. The van der Waals surface area contributed by atoms with E-state index in [0.29, 0.717) is 0 Å². The Morgan fingerprint density at radius 1 is 0.525 bits per heavy atom. The molecule has 0 aromatic rings. The molecule has 232 valence electrons. The summed E-state index contributed by atoms with van der Waals surface area (Å²) in [4.78, 5) is 1.93. The molecule has 4 atom stereocenters. The van der Waals surface area contributed by atoms with Gasteiger partial charge in [0.25, 0.3) is 0 Å². The average Bonchev–Trinajstić information content (AvgIpc) is 3.00. The standard InChI is InChI=1S/C37H69N3/c1(3-7-11-15-22-35-25-19-28-38-32-35)2-6-10-14-18-30-40-31-21-27-37(34-40)24-17-13-9-5-4-8-12-16-23-36-26-20-29-39-33-36/h8,11-12,15,35-39H,1-7,9-10,13-14,16-34H2/p+1. The van der Waals surface area contributed by atoms with Gasteiger partial charge in [-0.05, 0) is 141 Å². The van der Waals surface area contributed by atoms with Crippen molar-refractivity contribution in [2.75, 3.05) is 45.8 Å². The van der Waals surface area contributed by atoms with E-state index < -0.39 is 0 Å². The molecule has 0 aliphatic carbocycles. The van der Waals surface area contributed by atoms with Gasteiger partial charge in [0.15, 0.2) is 0 Å². The molecule has 0 bridgehead atoms. The van der Waals surface area contributed by atoms with E-state index in [0.717, 1.165) is 17.8 Å². The van der Waals surface area contributed by atoms with Crippen LogP contribution in [0.2, 0.25) is 0 Å². The van der Waals surface area contributed by atoms with Crippen molar-refractivity contribution >= 4 is 0 Å². The average molecular weight is 557 g/mol. The number of unbranched alkanes of at least 4 members (excludes halogenated alkanes) is 11. The SMILES string of the molecule is C(=CCC1CCCNC1)CCCCCCCCC[NH+]1CCCC(CCCCCCC=CCCC2CCCNC2)C1. The van der Waals surface area contributed by atoms with Crippen LogP contribution in [0.5, 0.6) is 0 Å². The van der Waals surface area contributed by atoms with Gasteiger partial charge in [0.2, 0.25) is 0 Å². The van der Waals surface area contributed by atoms with Gasteiger partial charge < -0.3 is 15.5 Å². The van der Waals surface area contributed by atoms with Crippen LogP contribution in [0, 0.1) is 17.8 Å². The van der Waals surface area contributed by atoms with E-state index in [1.165, 1.54) is 193 Å². The summed E-state index contributed by atoms with van der Waals surface area (Å²) in [5.74, 6) is 2.85. The molecule has 4 unspecified atom stereocenters. The van der Waals surface area contributed by atoms with E-state index in [4.69, 9.17) is 0 Å². The third-order valence-corrected chi connectivity index (χ3v) is 10.2. The molecule has 0 spiro atoms. The summed E-state index contributed by atoms with van der Waals surface area (Å²) in [6, 6.07) is 0. The predicted molar refractivity (Wildman–Crippen MR) is 176 cm³/mol. The van der Waals surface area contributed by atoms with E-state index >= 15 is 0 Å². The largest absolute Gasteiger partial charge is 0.335 e. The molecule has 3 heteroatoms. The third kappa shape index (κ3) is 17.3. The lowest BCUT2D eigenvalue weighted by atomic mass is 9.92. The van der Waals surface area contributed by atoms with Gasteiger partial charge in [0.05, 0.1) is 19.6 Å². The summed E-state index contributed by atoms with van der Waals surface area (Å²) >= 11 is 0. The van der Waals surface area contributed by atoms with Crippen LogP contribution in [0.4, 0.5) is 0 Å². The molecule has 3 nitrogen and oxygen atoms in total. The number of likely N-dealkylation sites (tertiary alicyclic amines) is 1. The fourth-order valence-electron chi connectivity index (χ4n) is 7.57. The van der Waals surface area contributed by atoms with Gasteiger partial charge in [0.1, 0.15) is 0 Å². The van der Waals surface area contributed by atoms with Gasteiger partial charge in [-0.15, -0.1) is 0 Å². The maximum Gasteiger partial charge on any atom is 0.0799 e. The van der Waals surface area contributed by atoms with E-state index in [1.54, 1.807) is 0 Å². The Kier molecular flexibility index (Phi) is 20.2. The second-order valence-corrected chi connectivity index (χ2v) is 13.9. The zero-order valence-corrected chi connectivity index (χ0v) is 26.8. The highest BCUT2D eigenvalue weighted by molar-refractivity contribution is 4.86. The molecule has 0 aromatic heterocycles. The van der Waals surface area contributed by atoms with Gasteiger partial charge in [-0.25, -0.2) is 0 Å². The number of allylic oxidation sites excluding steroid dienone is 4. The van der Waals surface area contributed by atoms with Crippen molar-refractivity contribution in [2.45, 2.75) is 148 Å². The number of quaternary nitrogens is 1. The summed E-state index contributed by atoms with van der Waals surface area (Å²) in [6.07, 6.45) is 42.5. The number of hydrogen-bond donors (Lipinski definition) is 3. The van der Waals surface area contributed by atoms with Crippen molar-refractivity contribution in [3.63, 3.8) is 0 Å². The lowest BCUT2D eigenvalue weighted by Gasteiger charge is -2.30. The maximum atomic E-state index is 3.54. The fraction of sp³-hybridized carbons (Fsp3) is 0.892. The first-order chi connectivity index (χ1) is 19.9. The molecular weight excluding hydrogens is 486 g/mol. The topological polar surface area (TPSA) is 28.5 Å². The molecule has 3 heterocycles. The second-order valence-electron chi connectivity index (χ2n) is 13.9. The van der Waals surface area contributed by atoms with E-state index in [2.05, 4.69) is 34.9 Å². The van der Waals surface area contributed by atoms with Crippen molar-refractivity contribution in [3.05, 3.63) is 24.3 Å². The highest BCUT2D eigenvalue weighted by atomic mass is 15.1. The summed E-state index contributed by atoms with van der Waals surface area (Å²) in [5.41, 5.74) is 0. The summed E-state index contributed by atoms with van der Waals surface area (Å²) in [7, 11) is 0. The minimum Gasteiger partial charge on any atom is -0.335 e. The molecule has 3 saturated heterocycles. The van der Waals surface area contributed by atoms with E-state index in [-0.39, 0.29) is 0 Å². The van der Waals surface area contributed by atoms with Crippen molar-refractivity contribution in [1.29, 1.82) is 0 Å². The minimum absolute atomic E-state index is 0.897. The van der Waals surface area contributed by atoms with E-state index in [1.807, 2.05) is 4.90 Å². The van der Waals surface area contributed by atoms with Crippen LogP contribution >= 0.6 is 0 Å². The first-order valence-electron chi connectivity index (χ1n) is 18.4.